The van der Waals surface area contributed by atoms with Gasteiger partial charge in [0.15, 0.2) is 0 Å². The fourth-order valence-corrected chi connectivity index (χ4v) is 2.18. The summed E-state index contributed by atoms with van der Waals surface area (Å²) in [7, 11) is 0. The molecular weight excluding hydrogens is 237 g/mol. The fraction of sp³-hybridized carbons (Fsp3) is 0.294. The smallest absolute Gasteiger partial charge is 0.123 e. The van der Waals surface area contributed by atoms with Crippen molar-refractivity contribution in [1.29, 1.82) is 0 Å². The first-order chi connectivity index (χ1) is 9.16. The lowest BCUT2D eigenvalue weighted by Crippen LogP contribution is -2.20. The average Bonchev–Trinajstić information content (AvgIpc) is 2.42. The van der Waals surface area contributed by atoms with Crippen molar-refractivity contribution in [2.75, 3.05) is 6.54 Å². The van der Waals surface area contributed by atoms with Crippen LogP contribution in [0.4, 0.5) is 4.39 Å². The highest BCUT2D eigenvalue weighted by Crippen LogP contribution is 2.14. The van der Waals surface area contributed by atoms with Gasteiger partial charge in [-0.15, -0.1) is 0 Å². The van der Waals surface area contributed by atoms with Crippen LogP contribution in [0, 0.1) is 12.7 Å². The van der Waals surface area contributed by atoms with Crippen molar-refractivity contribution < 1.29 is 4.39 Å². The van der Waals surface area contributed by atoms with Crippen molar-refractivity contribution in [3.8, 4) is 0 Å². The van der Waals surface area contributed by atoms with Crippen molar-refractivity contribution in [2.24, 2.45) is 0 Å². The molecule has 19 heavy (non-hydrogen) atoms. The van der Waals surface area contributed by atoms with Crippen LogP contribution >= 0.6 is 0 Å². The lowest BCUT2D eigenvalue weighted by atomic mass is 10.0. The fourth-order valence-electron chi connectivity index (χ4n) is 2.18. The second kappa shape index (κ2) is 6.48. The van der Waals surface area contributed by atoms with Gasteiger partial charge in [0.1, 0.15) is 5.82 Å². The molecule has 2 aromatic rings. The zero-order valence-corrected chi connectivity index (χ0v) is 11.5. The zero-order chi connectivity index (χ0) is 13.7. The highest BCUT2D eigenvalue weighted by Gasteiger charge is 2.05. The summed E-state index contributed by atoms with van der Waals surface area (Å²) in [5.41, 5.74) is 3.49. The van der Waals surface area contributed by atoms with Crippen LogP contribution in [0.25, 0.3) is 0 Å². The normalized spacial score (nSPS) is 12.4. The number of hydrogen-bond acceptors (Lipinski definition) is 1. The molecule has 0 heterocycles. The third-order valence-corrected chi connectivity index (χ3v) is 3.44. The molecule has 0 fully saturated rings. The van der Waals surface area contributed by atoms with Gasteiger partial charge in [0.25, 0.3) is 0 Å². The molecule has 2 aromatic carbocycles. The van der Waals surface area contributed by atoms with Crippen LogP contribution in [0.5, 0.6) is 0 Å². The Balaban J connectivity index is 1.86. The molecule has 2 rings (SSSR count). The van der Waals surface area contributed by atoms with Gasteiger partial charge in [0.05, 0.1) is 0 Å². The van der Waals surface area contributed by atoms with Gasteiger partial charge in [-0.25, -0.2) is 4.39 Å². The number of halogens is 1. The van der Waals surface area contributed by atoms with E-state index in [9.17, 15) is 4.39 Å². The monoisotopic (exact) mass is 257 g/mol. The summed E-state index contributed by atoms with van der Waals surface area (Å²) in [6.45, 7) is 5.85. The second-order valence-corrected chi connectivity index (χ2v) is 5.01. The molecule has 100 valence electrons. The van der Waals surface area contributed by atoms with E-state index in [2.05, 4.69) is 36.5 Å². The number of aryl methyl sites for hydroxylation is 1. The van der Waals surface area contributed by atoms with E-state index in [1.54, 1.807) is 6.07 Å². The lowest BCUT2D eigenvalue weighted by molar-refractivity contribution is 0.607. The summed E-state index contributed by atoms with van der Waals surface area (Å²) in [4.78, 5) is 0. The number of nitrogens with one attached hydrogen (secondary N) is 1. The van der Waals surface area contributed by atoms with Gasteiger partial charge in [0, 0.05) is 13.1 Å². The van der Waals surface area contributed by atoms with E-state index in [4.69, 9.17) is 0 Å². The van der Waals surface area contributed by atoms with E-state index in [1.807, 2.05) is 19.1 Å². The third-order valence-electron chi connectivity index (χ3n) is 3.44. The Morgan fingerprint density at radius 3 is 2.53 bits per heavy atom. The second-order valence-electron chi connectivity index (χ2n) is 5.01. The van der Waals surface area contributed by atoms with Crippen LogP contribution in [0.3, 0.4) is 0 Å². The molecule has 0 aromatic heterocycles. The van der Waals surface area contributed by atoms with Crippen molar-refractivity contribution in [1.82, 2.24) is 5.32 Å². The van der Waals surface area contributed by atoms with Crippen molar-refractivity contribution in [2.45, 2.75) is 26.3 Å². The van der Waals surface area contributed by atoms with E-state index in [0.717, 1.165) is 24.2 Å². The predicted molar refractivity (Wildman–Crippen MR) is 77.7 cm³/mol. The Kier molecular flexibility index (Phi) is 4.69. The largest absolute Gasteiger partial charge is 0.312 e. The first-order valence-electron chi connectivity index (χ1n) is 6.67. The Labute approximate surface area is 114 Å². The maximum absolute atomic E-state index is 13.0. The van der Waals surface area contributed by atoms with Gasteiger partial charge in [-0.2, -0.15) is 0 Å². The van der Waals surface area contributed by atoms with E-state index in [1.165, 1.54) is 11.6 Å². The molecule has 0 saturated carbocycles. The Bertz CT molecular complexity index is 522. The van der Waals surface area contributed by atoms with Gasteiger partial charge >= 0.3 is 0 Å². The number of rotatable bonds is 5. The Hall–Kier alpha value is -1.67. The van der Waals surface area contributed by atoms with Crippen LogP contribution in [0.1, 0.15) is 29.5 Å². The average molecular weight is 257 g/mol. The summed E-state index contributed by atoms with van der Waals surface area (Å²) in [5.74, 6) is 0.306. The molecule has 1 N–H and O–H groups in total. The molecule has 1 unspecified atom stereocenters. The SMILES string of the molecule is Cc1cc(F)ccc1CNCC(C)c1ccccc1. The Morgan fingerprint density at radius 2 is 1.84 bits per heavy atom. The first kappa shape index (κ1) is 13.8. The zero-order valence-electron chi connectivity index (χ0n) is 11.5. The summed E-state index contributed by atoms with van der Waals surface area (Å²) >= 11 is 0. The van der Waals surface area contributed by atoms with Crippen LogP contribution in [0.2, 0.25) is 0 Å². The van der Waals surface area contributed by atoms with E-state index >= 15 is 0 Å². The van der Waals surface area contributed by atoms with Crippen LogP contribution in [0.15, 0.2) is 48.5 Å². The molecule has 0 spiro atoms. The van der Waals surface area contributed by atoms with Gasteiger partial charge < -0.3 is 5.32 Å². The van der Waals surface area contributed by atoms with Crippen molar-refractivity contribution in [3.05, 3.63) is 71.0 Å². The molecule has 0 bridgehead atoms. The maximum Gasteiger partial charge on any atom is 0.123 e. The standard InChI is InChI=1S/C17H20FN/c1-13-10-17(18)9-8-16(13)12-19-11-14(2)15-6-4-3-5-7-15/h3-10,14,19H,11-12H2,1-2H3. The van der Waals surface area contributed by atoms with Gasteiger partial charge in [-0.1, -0.05) is 43.3 Å². The number of hydrogen-bond donors (Lipinski definition) is 1. The molecule has 0 saturated heterocycles. The molecule has 2 heteroatoms. The first-order valence-corrected chi connectivity index (χ1v) is 6.67. The van der Waals surface area contributed by atoms with Crippen LogP contribution < -0.4 is 5.32 Å². The van der Waals surface area contributed by atoms with E-state index in [0.29, 0.717) is 5.92 Å². The predicted octanol–water partition coefficient (Wildman–Crippen LogP) is 4.03. The molecular formula is C17H20FN. The molecule has 0 radical (unpaired) electrons. The maximum atomic E-state index is 13.0. The third kappa shape index (κ3) is 3.90. The van der Waals surface area contributed by atoms with Crippen LogP contribution in [-0.2, 0) is 6.54 Å². The number of benzene rings is 2. The summed E-state index contributed by atoms with van der Waals surface area (Å²) in [6.07, 6.45) is 0. The molecule has 0 aliphatic rings. The summed E-state index contributed by atoms with van der Waals surface area (Å²) in [5, 5.41) is 3.44. The molecule has 1 nitrogen and oxygen atoms in total. The van der Waals surface area contributed by atoms with E-state index in [-0.39, 0.29) is 5.82 Å². The minimum absolute atomic E-state index is 0.168. The van der Waals surface area contributed by atoms with Crippen molar-refractivity contribution in [3.63, 3.8) is 0 Å². The minimum atomic E-state index is -0.168. The van der Waals surface area contributed by atoms with Gasteiger partial charge in [-0.05, 0) is 41.7 Å². The van der Waals surface area contributed by atoms with Gasteiger partial charge in [-0.3, -0.25) is 0 Å². The minimum Gasteiger partial charge on any atom is -0.312 e. The molecule has 0 aliphatic heterocycles. The topological polar surface area (TPSA) is 12.0 Å². The van der Waals surface area contributed by atoms with Gasteiger partial charge in [0.2, 0.25) is 0 Å². The highest BCUT2D eigenvalue weighted by molar-refractivity contribution is 5.26. The van der Waals surface area contributed by atoms with E-state index < -0.39 is 0 Å². The van der Waals surface area contributed by atoms with Crippen LogP contribution in [-0.4, -0.2) is 6.54 Å². The molecule has 0 aliphatic carbocycles. The molecule has 0 amide bonds. The lowest BCUT2D eigenvalue weighted by Gasteiger charge is -2.14. The quantitative estimate of drug-likeness (QED) is 0.852. The van der Waals surface area contributed by atoms with Crippen molar-refractivity contribution >= 4 is 0 Å². The molecule has 1 atom stereocenters. The highest BCUT2D eigenvalue weighted by atomic mass is 19.1. The summed E-state index contributed by atoms with van der Waals surface area (Å²) < 4.78 is 13.0. The summed E-state index contributed by atoms with van der Waals surface area (Å²) in [6, 6.07) is 15.4. The Morgan fingerprint density at radius 1 is 1.11 bits per heavy atom.